The molecule has 1 aromatic rings. The molecule has 1 aromatic carbocycles. The van der Waals surface area contributed by atoms with E-state index in [2.05, 4.69) is 5.32 Å². The molecule has 2 aliphatic rings. The van der Waals surface area contributed by atoms with Gasteiger partial charge >= 0.3 is 0 Å². The van der Waals surface area contributed by atoms with Crippen molar-refractivity contribution in [1.82, 2.24) is 5.32 Å². The van der Waals surface area contributed by atoms with Gasteiger partial charge in [-0.05, 0) is 49.7 Å². The van der Waals surface area contributed by atoms with Crippen LogP contribution in [0.25, 0.3) is 0 Å². The Hall–Kier alpha value is -1.49. The van der Waals surface area contributed by atoms with Gasteiger partial charge in [-0.2, -0.15) is 0 Å². The minimum Gasteiger partial charge on any atom is -0.349 e. The highest BCUT2D eigenvalue weighted by Crippen LogP contribution is 2.39. The summed E-state index contributed by atoms with van der Waals surface area (Å²) in [7, 11) is 0. The van der Waals surface area contributed by atoms with Crippen molar-refractivity contribution in [3.05, 3.63) is 35.4 Å². The van der Waals surface area contributed by atoms with E-state index < -0.39 is 17.5 Å². The predicted octanol–water partition coefficient (Wildman–Crippen LogP) is 2.60. The first-order chi connectivity index (χ1) is 10.1. The van der Waals surface area contributed by atoms with Crippen molar-refractivity contribution in [2.45, 2.75) is 44.2 Å². The molecule has 3 N–H and O–H groups in total. The highest BCUT2D eigenvalue weighted by atomic mass is 19.2. The molecule has 21 heavy (non-hydrogen) atoms. The molecule has 2 bridgehead atoms. The Morgan fingerprint density at radius 3 is 2.52 bits per heavy atom. The van der Waals surface area contributed by atoms with E-state index in [-0.39, 0.29) is 17.6 Å². The Balaban J connectivity index is 1.77. The number of carbonyl (C=O) groups excluding carboxylic acids is 1. The van der Waals surface area contributed by atoms with E-state index in [0.717, 1.165) is 38.2 Å². The number of fused-ring (bicyclic) bond motifs is 2. The van der Waals surface area contributed by atoms with Crippen molar-refractivity contribution in [3.63, 3.8) is 0 Å². The van der Waals surface area contributed by atoms with Gasteiger partial charge < -0.3 is 11.1 Å². The van der Waals surface area contributed by atoms with Gasteiger partial charge in [0, 0.05) is 12.1 Å². The summed E-state index contributed by atoms with van der Waals surface area (Å²) >= 11 is 0. The van der Waals surface area contributed by atoms with Crippen molar-refractivity contribution in [3.8, 4) is 0 Å². The molecule has 0 saturated heterocycles. The van der Waals surface area contributed by atoms with Gasteiger partial charge in [0.05, 0.1) is 5.56 Å². The topological polar surface area (TPSA) is 55.1 Å². The van der Waals surface area contributed by atoms with Crippen molar-refractivity contribution < 1.29 is 13.6 Å². The standard InChI is InChI=1S/C16H20F2N2O/c17-13-6-2-5-12(14(13)18)16(21)20-15-9-3-1-4-10(15)8-11(19)7-9/h2,5-6,9-11,15H,1,3-4,7-8,19H2,(H,20,21). The summed E-state index contributed by atoms with van der Waals surface area (Å²) in [6.07, 6.45) is 5.03. The summed E-state index contributed by atoms with van der Waals surface area (Å²) in [4.78, 5) is 12.2. The van der Waals surface area contributed by atoms with E-state index in [9.17, 15) is 13.6 Å². The molecular weight excluding hydrogens is 274 g/mol. The molecule has 2 unspecified atom stereocenters. The van der Waals surface area contributed by atoms with E-state index in [4.69, 9.17) is 5.73 Å². The second-order valence-electron chi connectivity index (χ2n) is 6.28. The lowest BCUT2D eigenvalue weighted by molar-refractivity contribution is 0.0751. The average Bonchev–Trinajstić information content (AvgIpc) is 2.42. The van der Waals surface area contributed by atoms with Crippen LogP contribution in [0.1, 0.15) is 42.5 Å². The second kappa shape index (κ2) is 5.72. The number of nitrogens with two attached hydrogens (primary N) is 1. The number of rotatable bonds is 2. The Morgan fingerprint density at radius 2 is 1.86 bits per heavy atom. The van der Waals surface area contributed by atoms with E-state index in [1.807, 2.05) is 0 Å². The van der Waals surface area contributed by atoms with Crippen LogP contribution >= 0.6 is 0 Å². The van der Waals surface area contributed by atoms with Crippen LogP contribution in [0.2, 0.25) is 0 Å². The van der Waals surface area contributed by atoms with Gasteiger partial charge in [-0.25, -0.2) is 8.78 Å². The first kappa shape index (κ1) is 14.4. The number of amides is 1. The molecule has 2 aliphatic carbocycles. The molecule has 2 saturated carbocycles. The Labute approximate surface area is 122 Å². The van der Waals surface area contributed by atoms with E-state index >= 15 is 0 Å². The molecule has 0 heterocycles. The fraction of sp³-hybridized carbons (Fsp3) is 0.562. The van der Waals surface area contributed by atoms with Gasteiger partial charge in [0.25, 0.3) is 5.91 Å². The lowest BCUT2D eigenvalue weighted by atomic mass is 9.67. The molecule has 114 valence electrons. The minimum absolute atomic E-state index is 0.0358. The van der Waals surface area contributed by atoms with E-state index in [0.29, 0.717) is 11.8 Å². The summed E-state index contributed by atoms with van der Waals surface area (Å²) in [5.74, 6) is -1.88. The molecule has 5 heteroatoms. The van der Waals surface area contributed by atoms with Gasteiger partial charge in [-0.15, -0.1) is 0 Å². The molecule has 0 aliphatic heterocycles. The zero-order valence-electron chi connectivity index (χ0n) is 11.8. The maximum absolute atomic E-state index is 13.7. The van der Waals surface area contributed by atoms with Crippen LogP contribution in [0.5, 0.6) is 0 Å². The molecule has 3 nitrogen and oxygen atoms in total. The molecule has 2 atom stereocenters. The van der Waals surface area contributed by atoms with Crippen LogP contribution < -0.4 is 11.1 Å². The van der Waals surface area contributed by atoms with Gasteiger partial charge in [0.2, 0.25) is 0 Å². The molecule has 0 radical (unpaired) electrons. The molecule has 3 rings (SSSR count). The fourth-order valence-corrected chi connectivity index (χ4v) is 3.93. The van der Waals surface area contributed by atoms with Crippen LogP contribution in [0.4, 0.5) is 8.78 Å². The summed E-state index contributed by atoms with van der Waals surface area (Å²) < 4.78 is 26.9. The lowest BCUT2D eigenvalue weighted by Crippen LogP contribution is -2.53. The largest absolute Gasteiger partial charge is 0.349 e. The Morgan fingerprint density at radius 1 is 1.19 bits per heavy atom. The first-order valence-corrected chi connectivity index (χ1v) is 7.56. The predicted molar refractivity (Wildman–Crippen MR) is 75.7 cm³/mol. The van der Waals surface area contributed by atoms with Crippen LogP contribution in [0, 0.1) is 23.5 Å². The third-order valence-electron chi connectivity index (χ3n) is 4.87. The Kier molecular flexibility index (Phi) is 3.93. The zero-order valence-corrected chi connectivity index (χ0v) is 11.8. The smallest absolute Gasteiger partial charge is 0.254 e. The van der Waals surface area contributed by atoms with Crippen molar-refractivity contribution >= 4 is 5.91 Å². The fourth-order valence-electron chi connectivity index (χ4n) is 3.93. The van der Waals surface area contributed by atoms with Crippen molar-refractivity contribution in [2.75, 3.05) is 0 Å². The summed E-state index contributed by atoms with van der Waals surface area (Å²) in [5.41, 5.74) is 5.83. The second-order valence-corrected chi connectivity index (χ2v) is 6.28. The maximum Gasteiger partial charge on any atom is 0.254 e. The van der Waals surface area contributed by atoms with Crippen molar-refractivity contribution in [2.24, 2.45) is 17.6 Å². The zero-order chi connectivity index (χ0) is 15.0. The quantitative estimate of drug-likeness (QED) is 0.881. The minimum atomic E-state index is -1.08. The van der Waals surface area contributed by atoms with Gasteiger partial charge in [0.1, 0.15) is 0 Å². The summed E-state index contributed by atoms with van der Waals surface area (Å²) in [6.45, 7) is 0. The van der Waals surface area contributed by atoms with Crippen molar-refractivity contribution in [1.29, 1.82) is 0 Å². The van der Waals surface area contributed by atoms with Gasteiger partial charge in [-0.1, -0.05) is 12.5 Å². The highest BCUT2D eigenvalue weighted by Gasteiger charge is 2.40. The Bertz CT molecular complexity index is 535. The van der Waals surface area contributed by atoms with Crippen LogP contribution in [-0.2, 0) is 0 Å². The monoisotopic (exact) mass is 294 g/mol. The number of hydrogen-bond acceptors (Lipinski definition) is 2. The number of benzene rings is 1. The molecular formula is C16H20F2N2O. The third kappa shape index (κ3) is 2.79. The number of hydrogen-bond donors (Lipinski definition) is 2. The van der Waals surface area contributed by atoms with Crippen LogP contribution in [-0.4, -0.2) is 18.0 Å². The third-order valence-corrected chi connectivity index (χ3v) is 4.87. The molecule has 0 aromatic heterocycles. The highest BCUT2D eigenvalue weighted by molar-refractivity contribution is 5.94. The normalized spacial score (nSPS) is 31.8. The summed E-state index contributed by atoms with van der Waals surface area (Å²) in [6, 6.07) is 3.91. The molecule has 2 fully saturated rings. The van der Waals surface area contributed by atoms with E-state index in [1.165, 1.54) is 12.1 Å². The SMILES string of the molecule is NC1CC2CCCC(C1)C2NC(=O)c1cccc(F)c1F. The maximum atomic E-state index is 13.7. The molecule has 1 amide bonds. The lowest BCUT2D eigenvalue weighted by Gasteiger charge is -2.45. The van der Waals surface area contributed by atoms with Gasteiger partial charge in [-0.3, -0.25) is 4.79 Å². The first-order valence-electron chi connectivity index (χ1n) is 7.56. The number of halogens is 2. The molecule has 0 spiro atoms. The number of nitrogens with one attached hydrogen (secondary N) is 1. The van der Waals surface area contributed by atoms with Gasteiger partial charge in [0.15, 0.2) is 11.6 Å². The summed E-state index contributed by atoms with van der Waals surface area (Å²) in [5, 5.41) is 2.92. The van der Waals surface area contributed by atoms with E-state index in [1.54, 1.807) is 0 Å². The van der Waals surface area contributed by atoms with Crippen LogP contribution in [0.3, 0.4) is 0 Å². The number of carbonyl (C=O) groups is 1. The van der Waals surface area contributed by atoms with Crippen LogP contribution in [0.15, 0.2) is 18.2 Å². The average molecular weight is 294 g/mol.